The molecule has 1 aliphatic rings. The second kappa shape index (κ2) is 58.0. The predicted molar refractivity (Wildman–Crippen MR) is 338 cm³/mol. The van der Waals surface area contributed by atoms with Crippen LogP contribution in [0.15, 0.2) is 48.6 Å². The van der Waals surface area contributed by atoms with Crippen LogP contribution >= 0.6 is 0 Å². The number of hydrogen-bond donors (Lipinski definition) is 6. The Morgan fingerprint density at radius 2 is 0.889 bits per heavy atom. The second-order valence-electron chi connectivity index (χ2n) is 24.0. The smallest absolute Gasteiger partial charge is 0.306 e. The molecular weight excluding hydrogens is 1010 g/mol. The number of unbranched alkanes of at least 4 members (excludes halogenated alkanes) is 41. The summed E-state index contributed by atoms with van der Waals surface area (Å²) in [6, 6.07) is -1.03. The number of carbonyl (C=O) groups is 2. The molecule has 0 saturated carbocycles. The molecule has 81 heavy (non-hydrogen) atoms. The van der Waals surface area contributed by atoms with Crippen LogP contribution in [0.5, 0.6) is 0 Å². The van der Waals surface area contributed by atoms with Gasteiger partial charge in [0.15, 0.2) is 12.4 Å². The summed E-state index contributed by atoms with van der Waals surface area (Å²) in [6.45, 7) is 5.68. The average molecular weight is 1140 g/mol. The number of nitrogens with one attached hydrogen (secondary N) is 1. The van der Waals surface area contributed by atoms with Crippen molar-refractivity contribution in [2.24, 2.45) is 0 Å². The van der Waals surface area contributed by atoms with Crippen molar-refractivity contribution in [3.05, 3.63) is 48.6 Å². The summed E-state index contributed by atoms with van der Waals surface area (Å²) < 4.78 is 17.7. The number of ether oxygens (including phenoxy) is 3. The minimum Gasteiger partial charge on any atom is -0.454 e. The van der Waals surface area contributed by atoms with Gasteiger partial charge < -0.3 is 45.1 Å². The van der Waals surface area contributed by atoms with E-state index in [-0.39, 0.29) is 19.4 Å². The fraction of sp³-hybridized carbons (Fsp3) is 0.857. The number of hydrogen-bond acceptors (Lipinski definition) is 10. The first-order valence-electron chi connectivity index (χ1n) is 34.4. The van der Waals surface area contributed by atoms with E-state index in [9.17, 15) is 35.1 Å². The monoisotopic (exact) mass is 1140 g/mol. The molecule has 0 radical (unpaired) electrons. The molecule has 1 fully saturated rings. The number of rotatable bonds is 59. The Morgan fingerprint density at radius 3 is 1.32 bits per heavy atom. The fourth-order valence-corrected chi connectivity index (χ4v) is 10.9. The van der Waals surface area contributed by atoms with E-state index < -0.39 is 67.4 Å². The maximum Gasteiger partial charge on any atom is 0.306 e. The Balaban J connectivity index is 2.52. The van der Waals surface area contributed by atoms with Gasteiger partial charge in [-0.1, -0.05) is 320 Å². The normalized spacial score (nSPS) is 18.9. The van der Waals surface area contributed by atoms with Crippen LogP contribution in [0.2, 0.25) is 0 Å². The van der Waals surface area contributed by atoms with Crippen LogP contribution < -0.4 is 5.32 Å². The van der Waals surface area contributed by atoms with Gasteiger partial charge in [-0.15, -0.1) is 0 Å². The molecule has 6 N–H and O–H groups in total. The molecule has 0 spiro atoms. The van der Waals surface area contributed by atoms with Gasteiger partial charge in [0.2, 0.25) is 5.91 Å². The Morgan fingerprint density at radius 1 is 0.494 bits per heavy atom. The molecule has 11 nitrogen and oxygen atoms in total. The zero-order valence-corrected chi connectivity index (χ0v) is 52.7. The summed E-state index contributed by atoms with van der Waals surface area (Å²) in [5, 5.41) is 57.0. The molecule has 1 amide bonds. The number of carbonyl (C=O) groups excluding carboxylic acids is 2. The zero-order valence-electron chi connectivity index (χ0n) is 52.7. The molecule has 8 unspecified atom stereocenters. The summed E-state index contributed by atoms with van der Waals surface area (Å²) in [5.74, 6) is -1.21. The highest BCUT2D eigenvalue weighted by atomic mass is 16.7. The first-order chi connectivity index (χ1) is 39.7. The number of allylic oxidation sites excluding steroid dienone is 7. The molecule has 11 heteroatoms. The summed E-state index contributed by atoms with van der Waals surface area (Å²) in [5.41, 5.74) is 0. The standard InChI is InChI=1S/C70H129NO10/c1-4-7-10-13-16-19-22-25-26-27-28-29-30-31-32-33-34-35-36-37-38-40-43-46-49-52-55-58-65(75)81-68-67(77)66(76)64(59-72)80-70(68)79-60-61(62(73)56-53-50-47-44-42-39-23-20-17-14-11-8-5-2)71-69(78)63(74)57-54-51-48-45-41-24-21-18-15-12-9-6-3/h9,12,15,18,21,24,53,56,61-64,66-68,70,72-74,76-77H,4-8,10-11,13-14,16-17,19-20,22-23,25-52,54-55,57-60H2,1-3H3,(H,71,78)/b12-9+,18-15+,24-21-,56-53+. The lowest BCUT2D eigenvalue weighted by atomic mass is 9.99. The highest BCUT2D eigenvalue weighted by Crippen LogP contribution is 2.26. The van der Waals surface area contributed by atoms with Crippen molar-refractivity contribution in [3.8, 4) is 0 Å². The largest absolute Gasteiger partial charge is 0.454 e. The Kier molecular flexibility index (Phi) is 54.9. The van der Waals surface area contributed by atoms with E-state index in [2.05, 4.69) is 38.2 Å². The maximum absolute atomic E-state index is 13.4. The summed E-state index contributed by atoms with van der Waals surface area (Å²) in [7, 11) is 0. The van der Waals surface area contributed by atoms with E-state index in [4.69, 9.17) is 14.2 Å². The predicted octanol–water partition coefficient (Wildman–Crippen LogP) is 17.2. The molecule has 474 valence electrons. The highest BCUT2D eigenvalue weighted by Gasteiger charge is 2.47. The summed E-state index contributed by atoms with van der Waals surface area (Å²) in [4.78, 5) is 26.6. The molecular formula is C70H129NO10. The zero-order chi connectivity index (χ0) is 58.9. The Hall–Kier alpha value is -2.38. The van der Waals surface area contributed by atoms with Gasteiger partial charge in [-0.3, -0.25) is 9.59 Å². The van der Waals surface area contributed by atoms with Crippen molar-refractivity contribution in [3.63, 3.8) is 0 Å². The van der Waals surface area contributed by atoms with Crippen molar-refractivity contribution in [2.45, 2.75) is 372 Å². The molecule has 1 saturated heterocycles. The number of aliphatic hydroxyl groups is 5. The van der Waals surface area contributed by atoms with Gasteiger partial charge >= 0.3 is 5.97 Å². The highest BCUT2D eigenvalue weighted by molar-refractivity contribution is 5.80. The molecule has 1 rings (SSSR count). The van der Waals surface area contributed by atoms with Crippen molar-refractivity contribution in [2.75, 3.05) is 13.2 Å². The molecule has 1 heterocycles. The third-order valence-electron chi connectivity index (χ3n) is 16.3. The first-order valence-corrected chi connectivity index (χ1v) is 34.4. The van der Waals surface area contributed by atoms with Gasteiger partial charge in [0.25, 0.3) is 0 Å². The molecule has 0 aromatic rings. The third-order valence-corrected chi connectivity index (χ3v) is 16.3. The van der Waals surface area contributed by atoms with Gasteiger partial charge in [0.05, 0.1) is 25.4 Å². The van der Waals surface area contributed by atoms with Crippen LogP contribution in [-0.4, -0.2) is 99.6 Å². The van der Waals surface area contributed by atoms with E-state index in [1.807, 2.05) is 30.4 Å². The van der Waals surface area contributed by atoms with Crippen molar-refractivity contribution >= 4 is 11.9 Å². The van der Waals surface area contributed by atoms with Crippen LogP contribution in [0.4, 0.5) is 0 Å². The van der Waals surface area contributed by atoms with Crippen molar-refractivity contribution in [1.82, 2.24) is 5.32 Å². The van der Waals surface area contributed by atoms with Crippen LogP contribution in [0.25, 0.3) is 0 Å². The van der Waals surface area contributed by atoms with Crippen LogP contribution in [0, 0.1) is 0 Å². The van der Waals surface area contributed by atoms with Crippen molar-refractivity contribution < 1.29 is 49.3 Å². The number of aliphatic hydroxyl groups excluding tert-OH is 5. The van der Waals surface area contributed by atoms with E-state index in [0.717, 1.165) is 70.6 Å². The van der Waals surface area contributed by atoms with Gasteiger partial charge in [0, 0.05) is 6.42 Å². The third kappa shape index (κ3) is 45.6. The van der Waals surface area contributed by atoms with Gasteiger partial charge in [0.1, 0.15) is 24.4 Å². The lowest BCUT2D eigenvalue weighted by Crippen LogP contribution is -2.61. The number of amides is 1. The minimum atomic E-state index is -1.62. The second-order valence-corrected chi connectivity index (χ2v) is 24.0. The molecule has 0 aliphatic carbocycles. The van der Waals surface area contributed by atoms with E-state index >= 15 is 0 Å². The lowest BCUT2D eigenvalue weighted by Gasteiger charge is -2.41. The van der Waals surface area contributed by atoms with Crippen molar-refractivity contribution in [1.29, 1.82) is 0 Å². The molecule has 0 bridgehead atoms. The van der Waals surface area contributed by atoms with Crippen LogP contribution in [0.1, 0.15) is 323 Å². The maximum atomic E-state index is 13.4. The topological polar surface area (TPSA) is 175 Å². The molecule has 1 aliphatic heterocycles. The Bertz CT molecular complexity index is 1500. The molecule has 0 aromatic heterocycles. The SMILES string of the molecule is CC/C=C/C=C/C=C\CCCCCCC(O)C(=O)NC(COC1OC(CO)C(O)C(O)C1OC(=O)CCCCCCCCCCCCCCCCCCCCCCCCCCCCC)C(O)/C=C/CCCCCCCCCCCCC. The van der Waals surface area contributed by atoms with E-state index in [1.165, 1.54) is 205 Å². The van der Waals surface area contributed by atoms with Gasteiger partial charge in [-0.05, 0) is 44.9 Å². The molecule has 0 aromatic carbocycles. The fourth-order valence-electron chi connectivity index (χ4n) is 10.9. The van der Waals surface area contributed by atoms with Crippen LogP contribution in [0.3, 0.4) is 0 Å². The average Bonchev–Trinajstić information content (AvgIpc) is 3.50. The minimum absolute atomic E-state index is 0.125. The van der Waals surface area contributed by atoms with Crippen LogP contribution in [-0.2, 0) is 23.8 Å². The number of esters is 1. The van der Waals surface area contributed by atoms with Gasteiger partial charge in [-0.2, -0.15) is 0 Å². The van der Waals surface area contributed by atoms with E-state index in [1.54, 1.807) is 6.08 Å². The summed E-state index contributed by atoms with van der Waals surface area (Å²) >= 11 is 0. The first kappa shape index (κ1) is 76.6. The summed E-state index contributed by atoms with van der Waals surface area (Å²) in [6.07, 6.45) is 61.8. The van der Waals surface area contributed by atoms with Gasteiger partial charge in [-0.25, -0.2) is 0 Å². The molecule has 8 atom stereocenters. The Labute approximate surface area is 497 Å². The quantitative estimate of drug-likeness (QED) is 0.0149. The lowest BCUT2D eigenvalue weighted by molar-refractivity contribution is -0.305. The van der Waals surface area contributed by atoms with E-state index in [0.29, 0.717) is 12.8 Å².